The Balaban J connectivity index is 2.88. The summed E-state index contributed by atoms with van der Waals surface area (Å²) in [5, 5.41) is 0. The lowest BCUT2D eigenvalue weighted by molar-refractivity contribution is 0.268. The first-order chi connectivity index (χ1) is 6.77. The van der Waals surface area contributed by atoms with Gasteiger partial charge in [-0.3, -0.25) is 0 Å². The predicted molar refractivity (Wildman–Crippen MR) is 58.8 cm³/mol. The van der Waals surface area contributed by atoms with Gasteiger partial charge in [-0.05, 0) is 12.3 Å². The summed E-state index contributed by atoms with van der Waals surface area (Å²) < 4.78 is 4.49. The molecule has 0 saturated heterocycles. The molecule has 0 amide bonds. The predicted octanol–water partition coefficient (Wildman–Crippen LogP) is 3.46. The fourth-order valence-electron chi connectivity index (χ4n) is 1.48. The first kappa shape index (κ1) is 13.5. The van der Waals surface area contributed by atoms with Crippen molar-refractivity contribution in [3.8, 4) is 0 Å². The van der Waals surface area contributed by atoms with Crippen molar-refractivity contribution in [2.24, 2.45) is 5.92 Å². The van der Waals surface area contributed by atoms with E-state index in [-0.39, 0.29) is 0 Å². The van der Waals surface area contributed by atoms with Gasteiger partial charge in [-0.2, -0.15) is 0 Å². The van der Waals surface area contributed by atoms with Gasteiger partial charge in [0, 0.05) is 0 Å². The van der Waals surface area contributed by atoms with Gasteiger partial charge in [0.25, 0.3) is 0 Å². The molecule has 0 aliphatic heterocycles. The Hall–Kier alpha value is -0.530. The van der Waals surface area contributed by atoms with Crippen LogP contribution in [0, 0.1) is 5.92 Å². The molecule has 2 nitrogen and oxygen atoms in total. The second kappa shape index (κ2) is 10.6. The number of rotatable bonds is 10. The third kappa shape index (κ3) is 11.5. The van der Waals surface area contributed by atoms with Gasteiger partial charge in [-0.15, -0.1) is 0 Å². The van der Waals surface area contributed by atoms with Crippen molar-refractivity contribution in [1.29, 1.82) is 0 Å². The summed E-state index contributed by atoms with van der Waals surface area (Å²) in [6, 6.07) is 0. The van der Waals surface area contributed by atoms with E-state index in [0.29, 0.717) is 6.61 Å². The second-order valence-corrected chi connectivity index (χ2v) is 4.24. The van der Waals surface area contributed by atoms with Crippen molar-refractivity contribution in [1.82, 2.24) is 0 Å². The van der Waals surface area contributed by atoms with E-state index < -0.39 is 0 Å². The van der Waals surface area contributed by atoms with E-state index in [2.05, 4.69) is 18.6 Å². The molecule has 0 aliphatic carbocycles. The van der Waals surface area contributed by atoms with Gasteiger partial charge >= 0.3 is 6.47 Å². The number of hydrogen-bond acceptors (Lipinski definition) is 2. The Morgan fingerprint density at radius 3 is 2.14 bits per heavy atom. The maximum Gasteiger partial charge on any atom is 0.417 e. The molecule has 0 aromatic carbocycles. The molecule has 0 unspecified atom stereocenters. The fraction of sp³-hybridized carbons (Fsp3) is 0.917. The standard InChI is InChI=1S/C12H23O2/c1-12(2)9-7-5-3-4-6-8-10-14-11-13/h12H,3-10H2,1-2H3. The van der Waals surface area contributed by atoms with Gasteiger partial charge < -0.3 is 4.74 Å². The highest BCUT2D eigenvalue weighted by atomic mass is 16.5. The highest BCUT2D eigenvalue weighted by Gasteiger charge is 1.94. The van der Waals surface area contributed by atoms with Crippen molar-refractivity contribution in [3.05, 3.63) is 0 Å². The lowest BCUT2D eigenvalue weighted by atomic mass is 10.0. The average Bonchev–Trinajstić information content (AvgIpc) is 2.15. The van der Waals surface area contributed by atoms with Gasteiger partial charge in [0.1, 0.15) is 0 Å². The molecule has 0 saturated carbocycles. The molecule has 0 rings (SSSR count). The molecule has 0 spiro atoms. The summed E-state index contributed by atoms with van der Waals surface area (Å²) >= 11 is 0. The van der Waals surface area contributed by atoms with Crippen molar-refractivity contribution < 1.29 is 9.53 Å². The van der Waals surface area contributed by atoms with Gasteiger partial charge in [-0.25, -0.2) is 4.79 Å². The van der Waals surface area contributed by atoms with Crippen LogP contribution in [0.5, 0.6) is 0 Å². The maximum atomic E-state index is 9.70. The quantitative estimate of drug-likeness (QED) is 0.504. The Bertz CT molecular complexity index is 121. The van der Waals surface area contributed by atoms with Crippen LogP contribution in [0.2, 0.25) is 0 Å². The molecule has 0 aromatic heterocycles. The highest BCUT2D eigenvalue weighted by Crippen LogP contribution is 2.11. The first-order valence-corrected chi connectivity index (χ1v) is 5.76. The summed E-state index contributed by atoms with van der Waals surface area (Å²) in [6.45, 7) is 6.52. The minimum atomic E-state index is 0.537. The highest BCUT2D eigenvalue weighted by molar-refractivity contribution is 5.37. The number of hydrogen-bond donors (Lipinski definition) is 0. The van der Waals surface area contributed by atoms with Crippen LogP contribution < -0.4 is 0 Å². The van der Waals surface area contributed by atoms with Gasteiger partial charge in [0.2, 0.25) is 0 Å². The smallest absolute Gasteiger partial charge is 0.417 e. The molecule has 1 radical (unpaired) electrons. The third-order valence-electron chi connectivity index (χ3n) is 2.34. The molecule has 0 aromatic rings. The summed E-state index contributed by atoms with van der Waals surface area (Å²) in [4.78, 5) is 9.70. The second-order valence-electron chi connectivity index (χ2n) is 4.24. The average molecular weight is 199 g/mol. The Kier molecular flexibility index (Phi) is 10.2. The first-order valence-electron chi connectivity index (χ1n) is 5.76. The van der Waals surface area contributed by atoms with Gasteiger partial charge in [0.05, 0.1) is 6.61 Å². The van der Waals surface area contributed by atoms with Crippen LogP contribution in [0.3, 0.4) is 0 Å². The van der Waals surface area contributed by atoms with E-state index in [1.165, 1.54) is 45.0 Å². The Morgan fingerprint density at radius 2 is 1.57 bits per heavy atom. The van der Waals surface area contributed by atoms with Crippen molar-refractivity contribution in [2.75, 3.05) is 6.61 Å². The molecular formula is C12H23O2. The van der Waals surface area contributed by atoms with Crippen molar-refractivity contribution in [2.45, 2.75) is 58.8 Å². The van der Waals surface area contributed by atoms with Crippen LogP contribution >= 0.6 is 0 Å². The number of ether oxygens (including phenoxy) is 1. The zero-order valence-corrected chi connectivity index (χ0v) is 9.55. The van der Waals surface area contributed by atoms with Crippen molar-refractivity contribution in [3.63, 3.8) is 0 Å². The third-order valence-corrected chi connectivity index (χ3v) is 2.34. The monoisotopic (exact) mass is 199 g/mol. The molecule has 83 valence electrons. The molecule has 0 fully saturated rings. The topological polar surface area (TPSA) is 26.3 Å². The largest absolute Gasteiger partial charge is 0.457 e. The summed E-state index contributed by atoms with van der Waals surface area (Å²) in [5.74, 6) is 0.839. The van der Waals surface area contributed by atoms with Crippen LogP contribution in [0.15, 0.2) is 0 Å². The molecule has 2 heteroatoms. The molecule has 0 bridgehead atoms. The van der Waals surface area contributed by atoms with E-state index in [4.69, 9.17) is 0 Å². The zero-order valence-electron chi connectivity index (χ0n) is 9.55. The fourth-order valence-corrected chi connectivity index (χ4v) is 1.48. The number of carbonyl (C=O) groups excluding carboxylic acids is 1. The van der Waals surface area contributed by atoms with Crippen LogP contribution in [0.1, 0.15) is 58.8 Å². The molecule has 0 atom stereocenters. The molecular weight excluding hydrogens is 176 g/mol. The summed E-state index contributed by atoms with van der Waals surface area (Å²) in [5.41, 5.74) is 0. The van der Waals surface area contributed by atoms with Crippen molar-refractivity contribution >= 4 is 6.47 Å². The van der Waals surface area contributed by atoms with Crippen LogP contribution in [-0.2, 0) is 9.53 Å². The zero-order chi connectivity index (χ0) is 10.6. The molecule has 0 aliphatic rings. The Morgan fingerprint density at radius 1 is 1.00 bits per heavy atom. The Labute approximate surface area is 88.0 Å². The van der Waals surface area contributed by atoms with Crippen LogP contribution in [0.4, 0.5) is 0 Å². The van der Waals surface area contributed by atoms with E-state index in [9.17, 15) is 4.79 Å². The summed E-state index contributed by atoms with van der Waals surface area (Å²) in [7, 11) is 0. The number of unbranched alkanes of at least 4 members (excludes halogenated alkanes) is 5. The molecule has 0 N–H and O–H groups in total. The van der Waals surface area contributed by atoms with Gasteiger partial charge in [0.15, 0.2) is 0 Å². The minimum Gasteiger partial charge on any atom is -0.457 e. The molecule has 0 heterocycles. The van der Waals surface area contributed by atoms with Crippen LogP contribution in [-0.4, -0.2) is 13.1 Å². The lowest BCUT2D eigenvalue weighted by Gasteiger charge is -2.03. The van der Waals surface area contributed by atoms with Gasteiger partial charge in [-0.1, -0.05) is 52.4 Å². The lowest BCUT2D eigenvalue weighted by Crippen LogP contribution is -1.91. The van der Waals surface area contributed by atoms with Crippen LogP contribution in [0.25, 0.3) is 0 Å². The van der Waals surface area contributed by atoms with E-state index in [0.717, 1.165) is 12.3 Å². The minimum absolute atomic E-state index is 0.537. The molecule has 14 heavy (non-hydrogen) atoms. The SMILES string of the molecule is CC(C)CCCCCCCCO[C]=O. The normalized spacial score (nSPS) is 10.5. The van der Waals surface area contributed by atoms with E-state index in [1.807, 2.05) is 0 Å². The van der Waals surface area contributed by atoms with E-state index >= 15 is 0 Å². The maximum absolute atomic E-state index is 9.70. The van der Waals surface area contributed by atoms with E-state index in [1.54, 1.807) is 0 Å². The summed E-state index contributed by atoms with van der Waals surface area (Å²) in [6.07, 6.45) is 8.79.